The van der Waals surface area contributed by atoms with Crippen LogP contribution in [0.15, 0.2) is 21.7 Å². The first-order valence-electron chi connectivity index (χ1n) is 9.49. The van der Waals surface area contributed by atoms with Gasteiger partial charge in [0.25, 0.3) is 11.5 Å². The molecular weight excluding hydrogens is 362 g/mol. The highest BCUT2D eigenvalue weighted by Crippen LogP contribution is 2.19. The van der Waals surface area contributed by atoms with Gasteiger partial charge in [-0.25, -0.2) is 9.78 Å². The Morgan fingerprint density at radius 2 is 1.96 bits per heavy atom. The average Bonchev–Trinajstić information content (AvgIpc) is 2.73. The molecule has 2 aromatic rings. The maximum atomic E-state index is 12.9. The summed E-state index contributed by atoms with van der Waals surface area (Å²) in [5.41, 5.74) is -0.617. The highest BCUT2D eigenvalue weighted by atomic mass is 16.2. The predicted molar refractivity (Wildman–Crippen MR) is 104 cm³/mol. The first kappa shape index (κ1) is 19.8. The molecule has 3 rings (SSSR count). The highest BCUT2D eigenvalue weighted by Gasteiger charge is 2.29. The summed E-state index contributed by atoms with van der Waals surface area (Å²) in [6, 6.07) is 3.02. The lowest BCUT2D eigenvalue weighted by atomic mass is 9.96. The van der Waals surface area contributed by atoms with Crippen LogP contribution in [0.5, 0.6) is 0 Å². The van der Waals surface area contributed by atoms with Gasteiger partial charge < -0.3 is 10.2 Å². The van der Waals surface area contributed by atoms with Crippen molar-refractivity contribution in [2.75, 3.05) is 19.6 Å². The Bertz CT molecular complexity index is 1040. The number of nitrogens with zero attached hydrogens (tertiary/aromatic N) is 4. The van der Waals surface area contributed by atoms with Crippen molar-refractivity contribution in [2.45, 2.75) is 26.2 Å². The zero-order valence-electron chi connectivity index (χ0n) is 16.4. The molecule has 9 nitrogen and oxygen atoms in total. The summed E-state index contributed by atoms with van der Waals surface area (Å²) in [4.78, 5) is 55.5. The lowest BCUT2D eigenvalue weighted by molar-refractivity contribution is -0.126. The molecule has 2 amide bonds. The van der Waals surface area contributed by atoms with Crippen LogP contribution >= 0.6 is 0 Å². The van der Waals surface area contributed by atoms with E-state index in [0.717, 1.165) is 23.8 Å². The summed E-state index contributed by atoms with van der Waals surface area (Å²) in [6.45, 7) is 3.50. The molecule has 0 radical (unpaired) electrons. The Balaban J connectivity index is 1.88. The molecule has 1 fully saturated rings. The molecule has 0 aromatic carbocycles. The maximum absolute atomic E-state index is 12.9. The fourth-order valence-corrected chi connectivity index (χ4v) is 3.50. The van der Waals surface area contributed by atoms with Crippen molar-refractivity contribution in [1.29, 1.82) is 0 Å². The van der Waals surface area contributed by atoms with Crippen LogP contribution in [0.3, 0.4) is 0 Å². The average molecular weight is 387 g/mol. The van der Waals surface area contributed by atoms with Crippen molar-refractivity contribution >= 4 is 22.8 Å². The fourth-order valence-electron chi connectivity index (χ4n) is 3.50. The zero-order chi connectivity index (χ0) is 20.4. The van der Waals surface area contributed by atoms with E-state index in [1.54, 1.807) is 4.90 Å². The monoisotopic (exact) mass is 387 g/mol. The molecule has 28 heavy (non-hydrogen) atoms. The molecule has 0 aliphatic carbocycles. The highest BCUT2D eigenvalue weighted by molar-refractivity contribution is 5.94. The molecule has 1 N–H and O–H groups in total. The van der Waals surface area contributed by atoms with Gasteiger partial charge in [-0.1, -0.05) is 6.92 Å². The standard InChI is InChI=1S/C19H25N5O4/c1-4-9-20-16(25)12-6-5-10-24(11-12)18(27)14-8-7-13-15(21-14)22(2)19(28)23(3)17(13)26/h7-8,12H,4-6,9-11H2,1-3H3,(H,20,25). The number of hydrogen-bond acceptors (Lipinski definition) is 5. The van der Waals surface area contributed by atoms with Crippen LogP contribution in [0, 0.1) is 5.92 Å². The SMILES string of the molecule is CCCNC(=O)C1CCCN(C(=O)c2ccc3c(=O)n(C)c(=O)n(C)c3n2)C1. The van der Waals surface area contributed by atoms with Gasteiger partial charge in [-0.05, 0) is 31.4 Å². The van der Waals surface area contributed by atoms with E-state index in [1.807, 2.05) is 6.92 Å². The number of carbonyl (C=O) groups excluding carboxylic acids is 2. The van der Waals surface area contributed by atoms with Gasteiger partial charge in [0.2, 0.25) is 5.91 Å². The van der Waals surface area contributed by atoms with E-state index in [-0.39, 0.29) is 34.5 Å². The molecule has 1 atom stereocenters. The van der Waals surface area contributed by atoms with E-state index in [9.17, 15) is 19.2 Å². The lowest BCUT2D eigenvalue weighted by Gasteiger charge is -2.31. The third kappa shape index (κ3) is 3.56. The number of likely N-dealkylation sites (tertiary alicyclic amines) is 1. The number of aryl methyl sites for hydroxylation is 1. The predicted octanol–water partition coefficient (Wildman–Crippen LogP) is 0.0106. The van der Waals surface area contributed by atoms with Gasteiger partial charge in [0.05, 0.1) is 11.3 Å². The minimum Gasteiger partial charge on any atom is -0.356 e. The van der Waals surface area contributed by atoms with E-state index in [1.165, 1.54) is 30.8 Å². The van der Waals surface area contributed by atoms with Crippen LogP contribution in [0.1, 0.15) is 36.7 Å². The van der Waals surface area contributed by atoms with Crippen LogP contribution in [-0.4, -0.2) is 50.5 Å². The molecule has 0 spiro atoms. The van der Waals surface area contributed by atoms with Crippen molar-refractivity contribution in [1.82, 2.24) is 24.3 Å². The summed E-state index contributed by atoms with van der Waals surface area (Å²) in [5.74, 6) is -0.568. The summed E-state index contributed by atoms with van der Waals surface area (Å²) in [7, 11) is 2.92. The summed E-state index contributed by atoms with van der Waals surface area (Å²) in [6.07, 6.45) is 2.35. The Morgan fingerprint density at radius 1 is 1.21 bits per heavy atom. The van der Waals surface area contributed by atoms with Crippen molar-refractivity contribution in [3.8, 4) is 0 Å². The maximum Gasteiger partial charge on any atom is 0.332 e. The Hall–Kier alpha value is -2.97. The van der Waals surface area contributed by atoms with Crippen LogP contribution < -0.4 is 16.6 Å². The fraction of sp³-hybridized carbons (Fsp3) is 0.526. The molecule has 150 valence electrons. The second kappa shape index (κ2) is 7.95. The molecule has 3 heterocycles. The third-order valence-corrected chi connectivity index (χ3v) is 5.15. The van der Waals surface area contributed by atoms with Gasteiger partial charge in [0.1, 0.15) is 11.3 Å². The Kier molecular flexibility index (Phi) is 5.62. The Morgan fingerprint density at radius 3 is 2.68 bits per heavy atom. The lowest BCUT2D eigenvalue weighted by Crippen LogP contribution is -2.45. The minimum atomic E-state index is -0.500. The van der Waals surface area contributed by atoms with Gasteiger partial charge >= 0.3 is 5.69 Å². The quantitative estimate of drug-likeness (QED) is 0.795. The summed E-state index contributed by atoms with van der Waals surface area (Å²) < 4.78 is 2.26. The molecular formula is C19H25N5O4. The number of amides is 2. The number of carbonyl (C=O) groups is 2. The number of fused-ring (bicyclic) bond motifs is 1. The van der Waals surface area contributed by atoms with Crippen LogP contribution in [0.2, 0.25) is 0 Å². The van der Waals surface area contributed by atoms with Crippen molar-refractivity contribution < 1.29 is 9.59 Å². The minimum absolute atomic E-state index is 0.0308. The largest absolute Gasteiger partial charge is 0.356 e. The second-order valence-electron chi connectivity index (χ2n) is 7.15. The van der Waals surface area contributed by atoms with E-state index in [2.05, 4.69) is 10.3 Å². The second-order valence-corrected chi connectivity index (χ2v) is 7.15. The van der Waals surface area contributed by atoms with E-state index < -0.39 is 11.2 Å². The molecule has 0 saturated carbocycles. The van der Waals surface area contributed by atoms with Crippen molar-refractivity contribution in [3.05, 3.63) is 38.7 Å². The number of hydrogen-bond donors (Lipinski definition) is 1. The van der Waals surface area contributed by atoms with Crippen molar-refractivity contribution in [2.24, 2.45) is 20.0 Å². The van der Waals surface area contributed by atoms with Crippen molar-refractivity contribution in [3.63, 3.8) is 0 Å². The van der Waals surface area contributed by atoms with Gasteiger partial charge in [-0.15, -0.1) is 0 Å². The van der Waals surface area contributed by atoms with E-state index in [4.69, 9.17) is 0 Å². The first-order chi connectivity index (χ1) is 13.3. The van der Waals surface area contributed by atoms with Crippen LogP contribution in [-0.2, 0) is 18.9 Å². The molecule has 0 bridgehead atoms. The molecule has 1 aliphatic rings. The van der Waals surface area contributed by atoms with Gasteiger partial charge in [0.15, 0.2) is 0 Å². The van der Waals surface area contributed by atoms with Gasteiger partial charge in [-0.3, -0.25) is 23.5 Å². The van der Waals surface area contributed by atoms with Gasteiger partial charge in [0, 0.05) is 33.7 Å². The van der Waals surface area contributed by atoms with Crippen LogP contribution in [0.25, 0.3) is 11.0 Å². The number of aromatic nitrogens is 3. The summed E-state index contributed by atoms with van der Waals surface area (Å²) >= 11 is 0. The van der Waals surface area contributed by atoms with Gasteiger partial charge in [-0.2, -0.15) is 0 Å². The molecule has 1 saturated heterocycles. The first-order valence-corrected chi connectivity index (χ1v) is 9.49. The van der Waals surface area contributed by atoms with E-state index >= 15 is 0 Å². The topological polar surface area (TPSA) is 106 Å². The summed E-state index contributed by atoms with van der Waals surface area (Å²) in [5, 5.41) is 3.16. The number of rotatable bonds is 4. The van der Waals surface area contributed by atoms with E-state index in [0.29, 0.717) is 19.6 Å². The number of nitrogens with one attached hydrogen (secondary N) is 1. The number of pyridine rings is 1. The number of piperidine rings is 1. The molecule has 1 unspecified atom stereocenters. The smallest absolute Gasteiger partial charge is 0.332 e. The zero-order valence-corrected chi connectivity index (χ0v) is 16.4. The van der Waals surface area contributed by atoms with Crippen LogP contribution in [0.4, 0.5) is 0 Å². The molecule has 1 aliphatic heterocycles. The molecule has 9 heteroatoms. The normalized spacial score (nSPS) is 17.0. The third-order valence-electron chi connectivity index (χ3n) is 5.15. The molecule has 2 aromatic heterocycles. The Labute approximate surface area is 162 Å².